The Morgan fingerprint density at radius 2 is 1.75 bits per heavy atom. The van der Waals surface area contributed by atoms with Crippen LogP contribution < -0.4 is 5.73 Å². The molecule has 0 saturated heterocycles. The summed E-state index contributed by atoms with van der Waals surface area (Å²) in [6, 6.07) is 6.67. The van der Waals surface area contributed by atoms with Crippen LogP contribution in [-0.2, 0) is 5.54 Å². The summed E-state index contributed by atoms with van der Waals surface area (Å²) in [5, 5.41) is 0. The Morgan fingerprint density at radius 1 is 1.12 bits per heavy atom. The van der Waals surface area contributed by atoms with Gasteiger partial charge in [0.05, 0.1) is 0 Å². The molecule has 1 fully saturated rings. The van der Waals surface area contributed by atoms with Gasteiger partial charge in [0.2, 0.25) is 0 Å². The predicted molar refractivity (Wildman–Crippen MR) is 64.5 cm³/mol. The van der Waals surface area contributed by atoms with E-state index in [-0.39, 0.29) is 11.4 Å². The van der Waals surface area contributed by atoms with Crippen LogP contribution in [0.5, 0.6) is 0 Å². The van der Waals surface area contributed by atoms with E-state index in [9.17, 15) is 4.39 Å². The van der Waals surface area contributed by atoms with Crippen LogP contribution in [0.25, 0.3) is 0 Å². The molecule has 1 aromatic rings. The second-order valence-electron chi connectivity index (χ2n) is 5.86. The topological polar surface area (TPSA) is 26.0 Å². The number of hydrogen-bond donors (Lipinski definition) is 1. The van der Waals surface area contributed by atoms with E-state index < -0.39 is 0 Å². The van der Waals surface area contributed by atoms with E-state index in [1.165, 1.54) is 18.6 Å². The molecule has 0 heterocycles. The standard InChI is InChI=1S/C14H20FN/c1-13(2)8-3-9-14(16,10-13)11-4-6-12(15)7-5-11/h4-7H,3,8-10,16H2,1-2H3. The van der Waals surface area contributed by atoms with Gasteiger partial charge in [0.1, 0.15) is 5.82 Å². The molecule has 0 aromatic heterocycles. The number of halogens is 1. The fourth-order valence-electron chi connectivity index (χ4n) is 2.94. The molecule has 0 spiro atoms. The molecular weight excluding hydrogens is 201 g/mol. The van der Waals surface area contributed by atoms with Crippen molar-refractivity contribution in [3.63, 3.8) is 0 Å². The molecule has 1 nitrogen and oxygen atoms in total. The van der Waals surface area contributed by atoms with Crippen molar-refractivity contribution in [1.82, 2.24) is 0 Å². The molecule has 1 atom stereocenters. The van der Waals surface area contributed by atoms with Crippen molar-refractivity contribution in [2.24, 2.45) is 11.1 Å². The third-order valence-electron chi connectivity index (χ3n) is 3.69. The fraction of sp³-hybridized carbons (Fsp3) is 0.571. The van der Waals surface area contributed by atoms with Crippen molar-refractivity contribution in [1.29, 1.82) is 0 Å². The Hall–Kier alpha value is -0.890. The number of rotatable bonds is 1. The minimum Gasteiger partial charge on any atom is -0.321 e. The molecule has 0 aliphatic heterocycles. The van der Waals surface area contributed by atoms with E-state index in [4.69, 9.17) is 5.73 Å². The smallest absolute Gasteiger partial charge is 0.123 e. The van der Waals surface area contributed by atoms with Crippen LogP contribution in [0.15, 0.2) is 24.3 Å². The summed E-state index contributed by atoms with van der Waals surface area (Å²) in [4.78, 5) is 0. The fourth-order valence-corrected chi connectivity index (χ4v) is 2.94. The van der Waals surface area contributed by atoms with Crippen LogP contribution in [0, 0.1) is 11.2 Å². The monoisotopic (exact) mass is 221 g/mol. The minimum absolute atomic E-state index is 0.192. The van der Waals surface area contributed by atoms with E-state index in [1.807, 2.05) is 12.1 Å². The lowest BCUT2D eigenvalue weighted by Gasteiger charge is -2.43. The zero-order chi connectivity index (χ0) is 11.8. The maximum Gasteiger partial charge on any atom is 0.123 e. The lowest BCUT2D eigenvalue weighted by Crippen LogP contribution is -2.44. The average molecular weight is 221 g/mol. The van der Waals surface area contributed by atoms with E-state index >= 15 is 0 Å². The maximum atomic E-state index is 12.9. The molecule has 2 N–H and O–H groups in total. The summed E-state index contributed by atoms with van der Waals surface area (Å²) in [6.07, 6.45) is 4.36. The zero-order valence-electron chi connectivity index (χ0n) is 10.1. The van der Waals surface area contributed by atoms with Crippen LogP contribution >= 0.6 is 0 Å². The van der Waals surface area contributed by atoms with Crippen LogP contribution in [0.4, 0.5) is 4.39 Å². The van der Waals surface area contributed by atoms with Crippen molar-refractivity contribution in [2.45, 2.75) is 45.1 Å². The predicted octanol–water partition coefficient (Wildman–Crippen LogP) is 3.58. The number of benzene rings is 1. The second kappa shape index (κ2) is 3.85. The average Bonchev–Trinajstić information content (AvgIpc) is 2.16. The Labute approximate surface area is 96.9 Å². The van der Waals surface area contributed by atoms with Gasteiger partial charge < -0.3 is 5.73 Å². The van der Waals surface area contributed by atoms with Gasteiger partial charge in [-0.15, -0.1) is 0 Å². The number of nitrogens with two attached hydrogens (primary N) is 1. The molecule has 2 rings (SSSR count). The third-order valence-corrected chi connectivity index (χ3v) is 3.69. The highest BCUT2D eigenvalue weighted by Gasteiger charge is 2.38. The molecule has 2 heteroatoms. The summed E-state index contributed by atoms with van der Waals surface area (Å²) >= 11 is 0. The molecule has 0 radical (unpaired) electrons. The molecule has 1 aliphatic rings. The quantitative estimate of drug-likeness (QED) is 0.770. The minimum atomic E-state index is -0.268. The van der Waals surface area contributed by atoms with Gasteiger partial charge in [-0.3, -0.25) is 0 Å². The molecular formula is C14H20FN. The molecule has 1 aliphatic carbocycles. The molecule has 1 aromatic carbocycles. The van der Waals surface area contributed by atoms with Gasteiger partial charge in [0.15, 0.2) is 0 Å². The lowest BCUT2D eigenvalue weighted by atomic mass is 9.66. The lowest BCUT2D eigenvalue weighted by molar-refractivity contribution is 0.151. The summed E-state index contributed by atoms with van der Waals surface area (Å²) in [5.74, 6) is -0.192. The first-order valence-electron chi connectivity index (χ1n) is 5.96. The maximum absolute atomic E-state index is 12.9. The molecule has 0 bridgehead atoms. The first kappa shape index (κ1) is 11.6. The Kier molecular flexibility index (Phi) is 2.79. The van der Waals surface area contributed by atoms with Crippen molar-refractivity contribution >= 4 is 0 Å². The van der Waals surface area contributed by atoms with E-state index in [1.54, 1.807) is 0 Å². The van der Waals surface area contributed by atoms with Crippen LogP contribution in [-0.4, -0.2) is 0 Å². The van der Waals surface area contributed by atoms with Crippen LogP contribution in [0.3, 0.4) is 0 Å². The highest BCUT2D eigenvalue weighted by molar-refractivity contribution is 5.25. The van der Waals surface area contributed by atoms with Gasteiger partial charge in [-0.2, -0.15) is 0 Å². The van der Waals surface area contributed by atoms with Gasteiger partial charge in [0, 0.05) is 5.54 Å². The summed E-state index contributed by atoms with van der Waals surface area (Å²) in [5.41, 5.74) is 7.58. The van der Waals surface area contributed by atoms with E-state index in [0.29, 0.717) is 5.41 Å². The highest BCUT2D eigenvalue weighted by Crippen LogP contribution is 2.44. The summed E-state index contributed by atoms with van der Waals surface area (Å²) < 4.78 is 12.9. The van der Waals surface area contributed by atoms with Crippen LogP contribution in [0.1, 0.15) is 45.1 Å². The third kappa shape index (κ3) is 2.27. The first-order valence-corrected chi connectivity index (χ1v) is 5.96. The van der Waals surface area contributed by atoms with Gasteiger partial charge >= 0.3 is 0 Å². The van der Waals surface area contributed by atoms with E-state index in [0.717, 1.165) is 24.8 Å². The van der Waals surface area contributed by atoms with E-state index in [2.05, 4.69) is 13.8 Å². The second-order valence-corrected chi connectivity index (χ2v) is 5.86. The van der Waals surface area contributed by atoms with Crippen molar-refractivity contribution in [2.75, 3.05) is 0 Å². The van der Waals surface area contributed by atoms with Crippen molar-refractivity contribution < 1.29 is 4.39 Å². The molecule has 0 amide bonds. The van der Waals surface area contributed by atoms with Crippen molar-refractivity contribution in [3.05, 3.63) is 35.6 Å². The molecule has 1 saturated carbocycles. The SMILES string of the molecule is CC1(C)CCCC(N)(c2ccc(F)cc2)C1. The van der Waals surface area contributed by atoms with Gasteiger partial charge in [-0.1, -0.05) is 32.4 Å². The molecule has 16 heavy (non-hydrogen) atoms. The van der Waals surface area contributed by atoms with Gasteiger partial charge in [-0.05, 0) is 42.4 Å². The van der Waals surface area contributed by atoms with Gasteiger partial charge in [0.25, 0.3) is 0 Å². The highest BCUT2D eigenvalue weighted by atomic mass is 19.1. The molecule has 1 unspecified atom stereocenters. The Balaban J connectivity index is 2.27. The largest absolute Gasteiger partial charge is 0.321 e. The van der Waals surface area contributed by atoms with Gasteiger partial charge in [-0.25, -0.2) is 4.39 Å². The normalized spacial score (nSPS) is 29.0. The molecule has 88 valence electrons. The number of hydrogen-bond acceptors (Lipinski definition) is 1. The Bertz CT molecular complexity index is 369. The zero-order valence-corrected chi connectivity index (χ0v) is 10.1. The summed E-state index contributed by atoms with van der Waals surface area (Å²) in [6.45, 7) is 4.52. The van der Waals surface area contributed by atoms with Crippen LogP contribution in [0.2, 0.25) is 0 Å². The first-order chi connectivity index (χ1) is 7.41. The summed E-state index contributed by atoms with van der Waals surface area (Å²) in [7, 11) is 0. The Morgan fingerprint density at radius 3 is 2.31 bits per heavy atom. The van der Waals surface area contributed by atoms with Crippen molar-refractivity contribution in [3.8, 4) is 0 Å².